The summed E-state index contributed by atoms with van der Waals surface area (Å²) in [6.45, 7) is 6.67. The highest BCUT2D eigenvalue weighted by atomic mass is 16.6. The van der Waals surface area contributed by atoms with Gasteiger partial charge in [-0.25, -0.2) is 14.8 Å². The molecule has 7 nitrogen and oxygen atoms in total. The summed E-state index contributed by atoms with van der Waals surface area (Å²) in [5, 5.41) is 0. The van der Waals surface area contributed by atoms with E-state index in [1.165, 1.54) is 4.90 Å². The highest BCUT2D eigenvalue weighted by molar-refractivity contribution is 5.94. The van der Waals surface area contributed by atoms with E-state index in [1.807, 2.05) is 20.8 Å². The maximum Gasteiger partial charge on any atom is 0.410 e. The second-order valence-corrected chi connectivity index (χ2v) is 7.05. The number of fused-ring (bicyclic) bond motifs is 1. The second-order valence-electron chi connectivity index (χ2n) is 7.05. The maximum absolute atomic E-state index is 12.2. The van der Waals surface area contributed by atoms with E-state index < -0.39 is 5.60 Å². The van der Waals surface area contributed by atoms with Crippen molar-refractivity contribution in [2.24, 2.45) is 5.92 Å². The van der Waals surface area contributed by atoms with Crippen LogP contribution < -0.4 is 4.90 Å². The van der Waals surface area contributed by atoms with Gasteiger partial charge in [-0.3, -0.25) is 14.6 Å². The van der Waals surface area contributed by atoms with E-state index in [2.05, 4.69) is 15.9 Å². The lowest BCUT2D eigenvalue weighted by Gasteiger charge is -2.23. The molecular formula is C17H20N4O3. The lowest BCUT2D eigenvalue weighted by molar-refractivity contribution is -0.117. The average Bonchev–Trinajstić information content (AvgIpc) is 3.07. The first kappa shape index (κ1) is 16.2. The third-order valence-electron chi connectivity index (χ3n) is 3.90. The van der Waals surface area contributed by atoms with Crippen LogP contribution in [0, 0.1) is 18.3 Å². The Morgan fingerprint density at radius 3 is 2.79 bits per heavy atom. The molecule has 3 heterocycles. The van der Waals surface area contributed by atoms with Crippen molar-refractivity contribution in [1.82, 2.24) is 14.9 Å². The number of aromatic nitrogens is 2. The van der Waals surface area contributed by atoms with Gasteiger partial charge in [-0.15, -0.1) is 12.3 Å². The number of hydrogen-bond acceptors (Lipinski definition) is 5. The molecule has 1 saturated heterocycles. The van der Waals surface area contributed by atoms with Crippen molar-refractivity contribution in [1.29, 1.82) is 0 Å². The summed E-state index contributed by atoms with van der Waals surface area (Å²) in [6, 6.07) is 0. The summed E-state index contributed by atoms with van der Waals surface area (Å²) in [6.07, 6.45) is 7.00. The lowest BCUT2D eigenvalue weighted by atomic mass is 10.1. The van der Waals surface area contributed by atoms with Gasteiger partial charge in [0.05, 0.1) is 18.8 Å². The zero-order chi connectivity index (χ0) is 17.5. The van der Waals surface area contributed by atoms with Crippen LogP contribution in [0.25, 0.3) is 0 Å². The second kappa shape index (κ2) is 5.78. The fraction of sp³-hybridized carbons (Fsp3) is 0.529. The molecular weight excluding hydrogens is 308 g/mol. The first-order valence-corrected chi connectivity index (χ1v) is 7.86. The molecule has 1 fully saturated rings. The standard InChI is InChI=1S/C17H20N4O3/c1-5-11-6-14(22)21(8-11)15-18-7-12-9-20(10-13(12)19-15)16(23)24-17(2,3)4/h1,7,11H,6,8-10H2,2-4H3. The molecule has 1 aromatic rings. The zero-order valence-electron chi connectivity index (χ0n) is 14.1. The van der Waals surface area contributed by atoms with E-state index in [-0.39, 0.29) is 17.9 Å². The van der Waals surface area contributed by atoms with Crippen LogP contribution in [0.3, 0.4) is 0 Å². The van der Waals surface area contributed by atoms with Gasteiger partial charge in [0.25, 0.3) is 0 Å². The van der Waals surface area contributed by atoms with Crippen molar-refractivity contribution in [3.05, 3.63) is 17.5 Å². The molecule has 2 aliphatic rings. The normalized spacial score (nSPS) is 20.1. The molecule has 2 amide bonds. The average molecular weight is 328 g/mol. The Morgan fingerprint density at radius 1 is 1.42 bits per heavy atom. The van der Waals surface area contributed by atoms with Gasteiger partial charge < -0.3 is 4.74 Å². The van der Waals surface area contributed by atoms with Crippen LogP contribution in [-0.2, 0) is 22.6 Å². The first-order chi connectivity index (χ1) is 11.3. The predicted molar refractivity (Wildman–Crippen MR) is 86.8 cm³/mol. The van der Waals surface area contributed by atoms with Crippen LogP contribution in [-0.4, -0.2) is 39.0 Å². The van der Waals surface area contributed by atoms with Gasteiger partial charge in [0.2, 0.25) is 11.9 Å². The molecule has 24 heavy (non-hydrogen) atoms. The fourth-order valence-corrected chi connectivity index (χ4v) is 2.74. The Labute approximate surface area is 141 Å². The van der Waals surface area contributed by atoms with Crippen LogP contribution in [0.5, 0.6) is 0 Å². The Bertz CT molecular complexity index is 732. The van der Waals surface area contributed by atoms with Gasteiger partial charge in [0.15, 0.2) is 0 Å². The molecule has 1 aromatic heterocycles. The molecule has 0 aromatic carbocycles. The molecule has 0 spiro atoms. The molecule has 7 heteroatoms. The third-order valence-corrected chi connectivity index (χ3v) is 3.90. The quantitative estimate of drug-likeness (QED) is 0.734. The van der Waals surface area contributed by atoms with E-state index in [0.29, 0.717) is 32.0 Å². The summed E-state index contributed by atoms with van der Waals surface area (Å²) in [5.74, 6) is 2.78. The van der Waals surface area contributed by atoms with Crippen LogP contribution in [0.2, 0.25) is 0 Å². The molecule has 0 bridgehead atoms. The summed E-state index contributed by atoms with van der Waals surface area (Å²) < 4.78 is 5.38. The monoisotopic (exact) mass is 328 g/mol. The number of carbonyl (C=O) groups excluding carboxylic acids is 2. The molecule has 2 aliphatic heterocycles. The van der Waals surface area contributed by atoms with Crippen molar-refractivity contribution in [3.8, 4) is 12.3 Å². The smallest absolute Gasteiger partial charge is 0.410 e. The van der Waals surface area contributed by atoms with Gasteiger partial charge in [-0.05, 0) is 20.8 Å². The largest absolute Gasteiger partial charge is 0.444 e. The molecule has 126 valence electrons. The molecule has 1 atom stereocenters. The number of terminal acetylenes is 1. The minimum absolute atomic E-state index is 0.0695. The van der Waals surface area contributed by atoms with Crippen molar-refractivity contribution >= 4 is 17.9 Å². The SMILES string of the molecule is C#CC1CC(=O)N(c2ncc3c(n2)CN(C(=O)OC(C)(C)C)C3)C1. The van der Waals surface area contributed by atoms with Crippen molar-refractivity contribution < 1.29 is 14.3 Å². The summed E-state index contributed by atoms with van der Waals surface area (Å²) >= 11 is 0. The molecule has 1 unspecified atom stereocenters. The van der Waals surface area contributed by atoms with E-state index >= 15 is 0 Å². The number of rotatable bonds is 1. The van der Waals surface area contributed by atoms with Crippen molar-refractivity contribution in [2.75, 3.05) is 11.4 Å². The van der Waals surface area contributed by atoms with Gasteiger partial charge >= 0.3 is 6.09 Å². The van der Waals surface area contributed by atoms with Crippen molar-refractivity contribution in [3.63, 3.8) is 0 Å². The molecule has 0 radical (unpaired) electrons. The van der Waals surface area contributed by atoms with Crippen LogP contribution >= 0.6 is 0 Å². The van der Waals surface area contributed by atoms with E-state index in [4.69, 9.17) is 11.2 Å². The molecule has 3 rings (SSSR count). The van der Waals surface area contributed by atoms with Crippen LogP contribution in [0.1, 0.15) is 38.4 Å². The Hall–Kier alpha value is -2.62. The zero-order valence-corrected chi connectivity index (χ0v) is 14.1. The van der Waals surface area contributed by atoms with Gasteiger partial charge in [-0.2, -0.15) is 0 Å². The van der Waals surface area contributed by atoms with Gasteiger partial charge in [0, 0.05) is 30.6 Å². The fourth-order valence-electron chi connectivity index (χ4n) is 2.74. The number of amides is 2. The van der Waals surface area contributed by atoms with E-state index in [1.54, 1.807) is 11.1 Å². The highest BCUT2D eigenvalue weighted by Gasteiger charge is 2.33. The summed E-state index contributed by atoms with van der Waals surface area (Å²) in [4.78, 5) is 36.0. The predicted octanol–water partition coefficient (Wildman–Crippen LogP) is 1.71. The molecule has 0 aliphatic carbocycles. The van der Waals surface area contributed by atoms with Gasteiger partial charge in [-0.1, -0.05) is 0 Å². The topological polar surface area (TPSA) is 75.6 Å². The van der Waals surface area contributed by atoms with E-state index in [0.717, 1.165) is 11.3 Å². The minimum Gasteiger partial charge on any atom is -0.444 e. The Kier molecular flexibility index (Phi) is 3.91. The summed E-state index contributed by atoms with van der Waals surface area (Å²) in [5.41, 5.74) is 1.06. The Balaban J connectivity index is 1.74. The third kappa shape index (κ3) is 3.18. The van der Waals surface area contributed by atoms with Crippen LogP contribution in [0.15, 0.2) is 6.20 Å². The van der Waals surface area contributed by atoms with Crippen molar-refractivity contribution in [2.45, 2.75) is 45.9 Å². The number of ether oxygens (including phenoxy) is 1. The molecule has 0 N–H and O–H groups in total. The summed E-state index contributed by atoms with van der Waals surface area (Å²) in [7, 11) is 0. The number of hydrogen-bond donors (Lipinski definition) is 0. The van der Waals surface area contributed by atoms with Gasteiger partial charge in [0.1, 0.15) is 5.60 Å². The van der Waals surface area contributed by atoms with Crippen LogP contribution in [0.4, 0.5) is 10.7 Å². The minimum atomic E-state index is -0.547. The lowest BCUT2D eigenvalue weighted by Crippen LogP contribution is -2.33. The first-order valence-electron chi connectivity index (χ1n) is 7.86. The maximum atomic E-state index is 12.2. The highest BCUT2D eigenvalue weighted by Crippen LogP contribution is 2.27. The molecule has 0 saturated carbocycles. The Morgan fingerprint density at radius 2 is 2.17 bits per heavy atom. The number of anilines is 1. The number of carbonyl (C=O) groups is 2. The number of nitrogens with zero attached hydrogens (tertiary/aromatic N) is 4. The van der Waals surface area contributed by atoms with E-state index in [9.17, 15) is 9.59 Å².